The van der Waals surface area contributed by atoms with Crippen molar-refractivity contribution in [2.75, 3.05) is 0 Å². The summed E-state index contributed by atoms with van der Waals surface area (Å²) in [4.78, 5) is 35.9. The predicted molar refractivity (Wildman–Crippen MR) is 76.3 cm³/mol. The molecule has 0 spiro atoms. The fourth-order valence-electron chi connectivity index (χ4n) is 3.28. The second kappa shape index (κ2) is 5.53. The Bertz CT molecular complexity index is 622. The van der Waals surface area contributed by atoms with E-state index in [1.54, 1.807) is 10.9 Å². The maximum atomic E-state index is 12.2. The van der Waals surface area contributed by atoms with E-state index in [4.69, 9.17) is 11.5 Å². The number of carbonyl (C=O) groups excluding carboxylic acids is 3. The van der Waals surface area contributed by atoms with Crippen LogP contribution in [0.1, 0.15) is 31.7 Å². The van der Waals surface area contributed by atoms with Gasteiger partial charge in [0.1, 0.15) is 11.7 Å². The maximum Gasteiger partial charge on any atom is 0.228 e. The van der Waals surface area contributed by atoms with Gasteiger partial charge < -0.3 is 16.6 Å². The lowest BCUT2D eigenvalue weighted by Crippen LogP contribution is -2.57. The topological polar surface area (TPSA) is 141 Å². The average Bonchev–Trinajstić information content (AvgIpc) is 2.83. The first-order valence-electron chi connectivity index (χ1n) is 7.05. The van der Waals surface area contributed by atoms with E-state index in [1.807, 2.05) is 6.92 Å². The number of aliphatic hydroxyl groups is 1. The van der Waals surface area contributed by atoms with Gasteiger partial charge in [-0.05, 0) is 19.4 Å². The summed E-state index contributed by atoms with van der Waals surface area (Å²) in [5.74, 6) is -5.32. The number of primary amides is 2. The van der Waals surface area contributed by atoms with Gasteiger partial charge in [0, 0.05) is 25.1 Å². The first-order chi connectivity index (χ1) is 10.2. The third-order valence-electron chi connectivity index (χ3n) is 4.24. The van der Waals surface area contributed by atoms with Crippen molar-refractivity contribution in [1.29, 1.82) is 0 Å². The van der Waals surface area contributed by atoms with E-state index in [-0.39, 0.29) is 6.42 Å². The molecule has 22 heavy (non-hydrogen) atoms. The smallest absolute Gasteiger partial charge is 0.228 e. The number of nitrogens with zero attached hydrogens (tertiary/aromatic N) is 2. The zero-order valence-corrected chi connectivity index (χ0v) is 12.5. The van der Waals surface area contributed by atoms with Crippen LogP contribution in [0.2, 0.25) is 0 Å². The lowest BCUT2D eigenvalue weighted by Gasteiger charge is -2.42. The first-order valence-corrected chi connectivity index (χ1v) is 7.05. The van der Waals surface area contributed by atoms with Crippen molar-refractivity contribution in [3.63, 3.8) is 0 Å². The van der Waals surface area contributed by atoms with Crippen LogP contribution in [0.5, 0.6) is 0 Å². The number of rotatable bonds is 4. The van der Waals surface area contributed by atoms with Gasteiger partial charge in [-0.3, -0.25) is 19.1 Å². The highest BCUT2D eigenvalue weighted by Gasteiger charge is 2.55. The lowest BCUT2D eigenvalue weighted by molar-refractivity contribution is -0.152. The van der Waals surface area contributed by atoms with Gasteiger partial charge in [0.15, 0.2) is 0 Å². The van der Waals surface area contributed by atoms with E-state index in [2.05, 4.69) is 5.10 Å². The zero-order valence-electron chi connectivity index (χ0n) is 12.5. The van der Waals surface area contributed by atoms with Crippen molar-refractivity contribution < 1.29 is 19.5 Å². The number of nitrogens with two attached hydrogens (primary N) is 2. The van der Waals surface area contributed by atoms with Crippen molar-refractivity contribution in [3.05, 3.63) is 18.0 Å². The van der Waals surface area contributed by atoms with Crippen LogP contribution in [-0.4, -0.2) is 38.1 Å². The van der Waals surface area contributed by atoms with Gasteiger partial charge in [-0.1, -0.05) is 0 Å². The Morgan fingerprint density at radius 2 is 2.09 bits per heavy atom. The maximum absolute atomic E-state index is 12.2. The minimum atomic E-state index is -1.63. The number of hydrogen-bond donors (Lipinski definition) is 3. The quantitative estimate of drug-likeness (QED) is 0.606. The molecule has 0 radical (unpaired) electrons. The Hall–Kier alpha value is -2.22. The van der Waals surface area contributed by atoms with Crippen molar-refractivity contribution in [2.45, 2.75) is 38.3 Å². The van der Waals surface area contributed by atoms with Gasteiger partial charge in [0.2, 0.25) is 11.8 Å². The van der Waals surface area contributed by atoms with E-state index in [0.29, 0.717) is 12.1 Å². The number of aromatic nitrogens is 2. The molecule has 1 aliphatic rings. The summed E-state index contributed by atoms with van der Waals surface area (Å²) in [6.45, 7) is 3.82. The molecule has 0 aliphatic heterocycles. The summed E-state index contributed by atoms with van der Waals surface area (Å²) in [6, 6.07) is 0. The van der Waals surface area contributed by atoms with Crippen molar-refractivity contribution >= 4 is 17.6 Å². The highest BCUT2D eigenvalue weighted by Crippen LogP contribution is 2.45. The van der Waals surface area contributed by atoms with Crippen molar-refractivity contribution in [2.24, 2.45) is 23.3 Å². The summed E-state index contributed by atoms with van der Waals surface area (Å²) < 4.78 is 1.60. The molecular formula is C14H20N4O4. The molecule has 1 fully saturated rings. The normalized spacial score (nSPS) is 32.0. The average molecular weight is 308 g/mol. The van der Waals surface area contributed by atoms with Gasteiger partial charge in [-0.15, -0.1) is 0 Å². The fourth-order valence-corrected chi connectivity index (χ4v) is 3.28. The molecule has 8 nitrogen and oxygen atoms in total. The number of Topliss-reactive ketones (excluding diaryl/α,β-unsaturated/α-hetero) is 1. The SMILES string of the molecule is CCn1cc([C@@H]2[C@H](C(N)=O)C(=O)C[C@@](C)(O)[C@H]2C(N)=O)cn1. The Labute approximate surface area is 127 Å². The van der Waals surface area contributed by atoms with Crippen LogP contribution in [0.3, 0.4) is 0 Å². The molecular weight excluding hydrogens is 288 g/mol. The molecule has 0 aromatic carbocycles. The molecule has 120 valence electrons. The van der Waals surface area contributed by atoms with Crippen LogP contribution in [0, 0.1) is 11.8 Å². The third-order valence-corrected chi connectivity index (χ3v) is 4.24. The summed E-state index contributed by atoms with van der Waals surface area (Å²) in [6.07, 6.45) is 2.76. The molecule has 1 saturated carbocycles. The monoisotopic (exact) mass is 308 g/mol. The number of amides is 2. The molecule has 1 aromatic heterocycles. The summed E-state index contributed by atoms with van der Waals surface area (Å²) in [5, 5.41) is 14.6. The Morgan fingerprint density at radius 1 is 1.45 bits per heavy atom. The van der Waals surface area contributed by atoms with Crippen LogP contribution >= 0.6 is 0 Å². The molecule has 5 N–H and O–H groups in total. The van der Waals surface area contributed by atoms with Gasteiger partial charge in [0.05, 0.1) is 17.7 Å². The van der Waals surface area contributed by atoms with E-state index in [1.165, 1.54) is 13.1 Å². The van der Waals surface area contributed by atoms with Crippen LogP contribution in [0.25, 0.3) is 0 Å². The van der Waals surface area contributed by atoms with Gasteiger partial charge in [0.25, 0.3) is 0 Å². The predicted octanol–water partition coefficient (Wildman–Crippen LogP) is -1.09. The zero-order chi connectivity index (χ0) is 16.7. The molecule has 2 amide bonds. The highest BCUT2D eigenvalue weighted by molar-refractivity contribution is 6.04. The van der Waals surface area contributed by atoms with Crippen molar-refractivity contribution in [3.8, 4) is 0 Å². The number of ketones is 1. The Kier molecular flexibility index (Phi) is 4.06. The largest absolute Gasteiger partial charge is 0.389 e. The summed E-state index contributed by atoms with van der Waals surface area (Å²) in [7, 11) is 0. The molecule has 1 aliphatic carbocycles. The molecule has 0 bridgehead atoms. The molecule has 1 heterocycles. The number of hydrogen-bond acceptors (Lipinski definition) is 5. The minimum absolute atomic E-state index is 0.341. The van der Waals surface area contributed by atoms with E-state index in [0.717, 1.165) is 0 Å². The fraction of sp³-hybridized carbons (Fsp3) is 0.571. The van der Waals surface area contributed by atoms with Crippen LogP contribution < -0.4 is 11.5 Å². The Balaban J connectivity index is 2.58. The van der Waals surface area contributed by atoms with Gasteiger partial charge in [-0.2, -0.15) is 5.10 Å². The van der Waals surface area contributed by atoms with Gasteiger partial charge in [-0.25, -0.2) is 0 Å². The number of aryl methyl sites for hydroxylation is 1. The second-order valence-corrected chi connectivity index (χ2v) is 5.92. The van der Waals surface area contributed by atoms with E-state index < -0.39 is 41.0 Å². The van der Waals surface area contributed by atoms with Crippen LogP contribution in [0.4, 0.5) is 0 Å². The summed E-state index contributed by atoms with van der Waals surface area (Å²) in [5.41, 5.74) is 9.64. The molecule has 2 rings (SSSR count). The lowest BCUT2D eigenvalue weighted by atomic mass is 9.62. The third kappa shape index (κ3) is 2.61. The van der Waals surface area contributed by atoms with Crippen LogP contribution in [0.15, 0.2) is 12.4 Å². The molecule has 4 atom stereocenters. The first kappa shape index (κ1) is 16.2. The minimum Gasteiger partial charge on any atom is -0.389 e. The van der Waals surface area contributed by atoms with E-state index in [9.17, 15) is 19.5 Å². The highest BCUT2D eigenvalue weighted by atomic mass is 16.3. The second-order valence-electron chi connectivity index (χ2n) is 5.92. The molecule has 1 aromatic rings. The van der Waals surface area contributed by atoms with Gasteiger partial charge >= 0.3 is 0 Å². The molecule has 0 unspecified atom stereocenters. The van der Waals surface area contributed by atoms with E-state index >= 15 is 0 Å². The molecule has 0 saturated heterocycles. The number of carbonyl (C=O) groups is 3. The molecule has 8 heteroatoms. The van der Waals surface area contributed by atoms with Crippen molar-refractivity contribution in [1.82, 2.24) is 9.78 Å². The standard InChI is InChI=1S/C14H20N4O4/c1-3-18-6-7(5-17-18)9-10(12(15)20)8(19)4-14(2,22)11(9)13(16)21/h5-6,9-11,22H,3-4H2,1-2H3,(H2,15,20)(H2,16,21)/t9-,10-,11-,14-/m1/s1. The van der Waals surface area contributed by atoms with Crippen LogP contribution in [-0.2, 0) is 20.9 Å². The Morgan fingerprint density at radius 3 is 2.55 bits per heavy atom. The summed E-state index contributed by atoms with van der Waals surface area (Å²) >= 11 is 0.